The van der Waals surface area contributed by atoms with Gasteiger partial charge in [0.1, 0.15) is 5.82 Å². The summed E-state index contributed by atoms with van der Waals surface area (Å²) >= 11 is 0. The minimum atomic E-state index is -1.30. The first-order chi connectivity index (χ1) is 8.02. The van der Waals surface area contributed by atoms with Gasteiger partial charge in [0, 0.05) is 13.0 Å². The molecule has 0 aliphatic heterocycles. The van der Waals surface area contributed by atoms with Gasteiger partial charge in [-0.05, 0) is 12.8 Å². The van der Waals surface area contributed by atoms with E-state index in [1.54, 1.807) is 0 Å². The average molecular weight is 240 g/mol. The van der Waals surface area contributed by atoms with E-state index in [1.807, 2.05) is 13.8 Å². The van der Waals surface area contributed by atoms with Crippen LogP contribution < -0.4 is 0 Å². The highest BCUT2D eigenvalue weighted by atomic mass is 16.4. The standard InChI is InChI=1S/C11H16N2O4/c1-3-5-7-12-8(10(14)15)9(11(16)17)13(7)6-4-2/h3-6H2,1-2H3,(H,14,15)(H,16,17). The van der Waals surface area contributed by atoms with Gasteiger partial charge in [0.25, 0.3) is 0 Å². The predicted octanol–water partition coefficient (Wildman–Crippen LogP) is 1.64. The number of aromatic carboxylic acids is 2. The number of carboxylic acids is 2. The van der Waals surface area contributed by atoms with E-state index in [4.69, 9.17) is 10.2 Å². The summed E-state index contributed by atoms with van der Waals surface area (Å²) < 4.78 is 1.50. The molecule has 0 radical (unpaired) electrons. The highest BCUT2D eigenvalue weighted by molar-refractivity contribution is 5.99. The molecular weight excluding hydrogens is 224 g/mol. The summed E-state index contributed by atoms with van der Waals surface area (Å²) in [4.78, 5) is 26.0. The van der Waals surface area contributed by atoms with E-state index >= 15 is 0 Å². The first-order valence-corrected chi connectivity index (χ1v) is 5.58. The molecule has 0 saturated heterocycles. The molecule has 0 unspecified atom stereocenters. The van der Waals surface area contributed by atoms with Crippen molar-refractivity contribution < 1.29 is 19.8 Å². The van der Waals surface area contributed by atoms with Crippen LogP contribution in [0.5, 0.6) is 0 Å². The van der Waals surface area contributed by atoms with Gasteiger partial charge in [-0.25, -0.2) is 14.6 Å². The SMILES string of the molecule is CCCc1nc(C(=O)O)c(C(=O)O)n1CCC. The van der Waals surface area contributed by atoms with Crippen LogP contribution in [0.4, 0.5) is 0 Å². The number of hydrogen-bond donors (Lipinski definition) is 2. The first kappa shape index (κ1) is 13.2. The monoisotopic (exact) mass is 240 g/mol. The molecule has 0 amide bonds. The number of aromatic nitrogens is 2. The van der Waals surface area contributed by atoms with Crippen LogP contribution in [0.15, 0.2) is 0 Å². The van der Waals surface area contributed by atoms with E-state index in [1.165, 1.54) is 4.57 Å². The Balaban J connectivity index is 3.37. The lowest BCUT2D eigenvalue weighted by atomic mass is 10.3. The molecule has 1 rings (SSSR count). The van der Waals surface area contributed by atoms with Crippen molar-refractivity contribution in [3.8, 4) is 0 Å². The molecule has 0 fully saturated rings. The Kier molecular flexibility index (Phi) is 4.25. The van der Waals surface area contributed by atoms with Gasteiger partial charge in [-0.1, -0.05) is 13.8 Å². The van der Waals surface area contributed by atoms with Gasteiger partial charge >= 0.3 is 11.9 Å². The molecule has 0 aliphatic carbocycles. The van der Waals surface area contributed by atoms with Crippen molar-refractivity contribution in [3.05, 3.63) is 17.2 Å². The zero-order chi connectivity index (χ0) is 13.0. The summed E-state index contributed by atoms with van der Waals surface area (Å²) in [6.07, 6.45) is 2.10. The summed E-state index contributed by atoms with van der Waals surface area (Å²) in [5, 5.41) is 18.0. The Labute approximate surface area is 98.9 Å². The molecule has 0 saturated carbocycles. The van der Waals surface area contributed by atoms with Crippen LogP contribution >= 0.6 is 0 Å². The van der Waals surface area contributed by atoms with Crippen LogP contribution in [0.2, 0.25) is 0 Å². The number of rotatable bonds is 6. The second-order valence-electron chi connectivity index (χ2n) is 3.74. The van der Waals surface area contributed by atoms with Crippen molar-refractivity contribution in [1.29, 1.82) is 0 Å². The summed E-state index contributed by atoms with van der Waals surface area (Å²) in [5.41, 5.74) is -0.586. The second kappa shape index (κ2) is 5.47. The van der Waals surface area contributed by atoms with Gasteiger partial charge in [-0.15, -0.1) is 0 Å². The lowest BCUT2D eigenvalue weighted by molar-refractivity contribution is 0.0640. The second-order valence-corrected chi connectivity index (χ2v) is 3.74. The van der Waals surface area contributed by atoms with Crippen molar-refractivity contribution in [2.24, 2.45) is 0 Å². The third-order valence-corrected chi connectivity index (χ3v) is 2.37. The largest absolute Gasteiger partial charge is 0.476 e. The highest BCUT2D eigenvalue weighted by Gasteiger charge is 2.25. The molecule has 1 heterocycles. The Morgan fingerprint density at radius 2 is 1.82 bits per heavy atom. The van der Waals surface area contributed by atoms with Crippen molar-refractivity contribution in [2.45, 2.75) is 39.7 Å². The van der Waals surface area contributed by atoms with E-state index in [0.717, 1.165) is 12.8 Å². The van der Waals surface area contributed by atoms with Gasteiger partial charge in [0.15, 0.2) is 11.4 Å². The molecule has 0 spiro atoms. The van der Waals surface area contributed by atoms with E-state index in [2.05, 4.69) is 4.98 Å². The molecule has 17 heavy (non-hydrogen) atoms. The van der Waals surface area contributed by atoms with Gasteiger partial charge in [0.2, 0.25) is 0 Å². The molecule has 0 aliphatic rings. The smallest absolute Gasteiger partial charge is 0.357 e. The maximum atomic E-state index is 11.1. The van der Waals surface area contributed by atoms with Gasteiger partial charge < -0.3 is 14.8 Å². The van der Waals surface area contributed by atoms with Crippen LogP contribution in [0.25, 0.3) is 0 Å². The Morgan fingerprint density at radius 1 is 1.18 bits per heavy atom. The Bertz CT molecular complexity index is 437. The molecule has 0 aromatic carbocycles. The van der Waals surface area contributed by atoms with E-state index in [0.29, 0.717) is 18.8 Å². The molecule has 0 atom stereocenters. The van der Waals surface area contributed by atoms with Gasteiger partial charge in [-0.2, -0.15) is 0 Å². The van der Waals surface area contributed by atoms with Crippen LogP contribution in [0, 0.1) is 0 Å². The first-order valence-electron chi connectivity index (χ1n) is 5.58. The topological polar surface area (TPSA) is 92.4 Å². The molecule has 2 N–H and O–H groups in total. The van der Waals surface area contributed by atoms with E-state index in [-0.39, 0.29) is 11.4 Å². The average Bonchev–Trinajstić information content (AvgIpc) is 2.59. The Morgan fingerprint density at radius 3 is 2.24 bits per heavy atom. The van der Waals surface area contributed by atoms with Crippen LogP contribution in [-0.4, -0.2) is 31.7 Å². The number of aryl methyl sites for hydroxylation is 1. The van der Waals surface area contributed by atoms with Gasteiger partial charge in [-0.3, -0.25) is 0 Å². The van der Waals surface area contributed by atoms with Gasteiger partial charge in [0.05, 0.1) is 0 Å². The van der Waals surface area contributed by atoms with Crippen LogP contribution in [0.3, 0.4) is 0 Å². The van der Waals surface area contributed by atoms with Crippen molar-refractivity contribution in [3.63, 3.8) is 0 Å². The zero-order valence-electron chi connectivity index (χ0n) is 9.93. The predicted molar refractivity (Wildman–Crippen MR) is 60.4 cm³/mol. The lowest BCUT2D eigenvalue weighted by Crippen LogP contribution is -2.14. The lowest BCUT2D eigenvalue weighted by Gasteiger charge is -2.07. The fourth-order valence-corrected chi connectivity index (χ4v) is 1.74. The van der Waals surface area contributed by atoms with Crippen molar-refractivity contribution >= 4 is 11.9 Å². The molecule has 6 heteroatoms. The summed E-state index contributed by atoms with van der Waals surface area (Å²) in [7, 11) is 0. The maximum Gasteiger partial charge on any atom is 0.357 e. The van der Waals surface area contributed by atoms with Crippen LogP contribution in [-0.2, 0) is 13.0 Å². The zero-order valence-corrected chi connectivity index (χ0v) is 9.93. The molecule has 6 nitrogen and oxygen atoms in total. The third-order valence-electron chi connectivity index (χ3n) is 2.37. The third kappa shape index (κ3) is 2.64. The molecular formula is C11H16N2O4. The summed E-state index contributed by atoms with van der Waals surface area (Å²) in [6.45, 7) is 4.31. The number of imidazole rings is 1. The van der Waals surface area contributed by atoms with Crippen molar-refractivity contribution in [1.82, 2.24) is 9.55 Å². The van der Waals surface area contributed by atoms with Crippen LogP contribution in [0.1, 0.15) is 53.5 Å². The number of hydrogen-bond acceptors (Lipinski definition) is 3. The van der Waals surface area contributed by atoms with Crippen molar-refractivity contribution in [2.75, 3.05) is 0 Å². The number of carboxylic acid groups (broad SMARTS) is 2. The number of carbonyl (C=O) groups is 2. The molecule has 1 aromatic heterocycles. The van der Waals surface area contributed by atoms with E-state index < -0.39 is 11.9 Å². The summed E-state index contributed by atoms with van der Waals surface area (Å²) in [6, 6.07) is 0. The molecule has 0 bridgehead atoms. The fourth-order valence-electron chi connectivity index (χ4n) is 1.74. The molecule has 94 valence electrons. The minimum Gasteiger partial charge on any atom is -0.476 e. The number of nitrogens with zero attached hydrogens (tertiary/aromatic N) is 2. The quantitative estimate of drug-likeness (QED) is 0.788. The maximum absolute atomic E-state index is 11.1. The molecule has 1 aromatic rings. The fraction of sp³-hybridized carbons (Fsp3) is 0.545. The normalized spacial score (nSPS) is 10.5. The Hall–Kier alpha value is -1.85. The highest BCUT2D eigenvalue weighted by Crippen LogP contribution is 2.15. The summed E-state index contributed by atoms with van der Waals surface area (Å²) in [5.74, 6) is -2.01. The minimum absolute atomic E-state index is 0.220. The van der Waals surface area contributed by atoms with E-state index in [9.17, 15) is 9.59 Å².